The van der Waals surface area contributed by atoms with E-state index in [-0.39, 0.29) is 5.56 Å². The summed E-state index contributed by atoms with van der Waals surface area (Å²) in [6.07, 6.45) is 0. The molecule has 0 bridgehead atoms. The maximum Gasteiger partial charge on any atom is 0.252 e. The molecule has 3 aromatic rings. The summed E-state index contributed by atoms with van der Waals surface area (Å²) in [4.78, 5) is 21.5. The minimum Gasteiger partial charge on any atom is -0.497 e. The number of hydrogen-bond donors (Lipinski definition) is 0. The quantitative estimate of drug-likeness (QED) is 0.632. The molecule has 0 spiro atoms. The highest BCUT2D eigenvalue weighted by Gasteiger charge is 2.21. The van der Waals surface area contributed by atoms with E-state index in [1.165, 1.54) is 5.56 Å². The van der Waals surface area contributed by atoms with Crippen LogP contribution in [-0.2, 0) is 13.6 Å². The average Bonchev–Trinajstić information content (AvgIpc) is 2.72. The summed E-state index contributed by atoms with van der Waals surface area (Å²) < 4.78 is 6.83. The Kier molecular flexibility index (Phi) is 5.24. The summed E-state index contributed by atoms with van der Waals surface area (Å²) in [6, 6.07) is 13.4. The van der Waals surface area contributed by atoms with Gasteiger partial charge in [0.1, 0.15) is 16.4 Å². The van der Waals surface area contributed by atoms with Crippen molar-refractivity contribution in [2.24, 2.45) is 7.05 Å². The van der Waals surface area contributed by atoms with E-state index in [0.717, 1.165) is 55.2 Å². The van der Waals surface area contributed by atoms with Gasteiger partial charge in [-0.05, 0) is 29.8 Å². The number of benzene rings is 1. The van der Waals surface area contributed by atoms with Crippen molar-refractivity contribution in [3.05, 3.63) is 63.5 Å². The first-order valence-corrected chi connectivity index (χ1v) is 9.69. The molecule has 1 aliphatic heterocycles. The van der Waals surface area contributed by atoms with Crippen LogP contribution in [0.1, 0.15) is 5.56 Å². The van der Waals surface area contributed by atoms with Gasteiger partial charge >= 0.3 is 0 Å². The Morgan fingerprint density at radius 1 is 1.07 bits per heavy atom. The third-order valence-electron chi connectivity index (χ3n) is 5.31. The number of piperazine rings is 1. The predicted molar refractivity (Wildman–Crippen MR) is 112 cm³/mol. The van der Waals surface area contributed by atoms with Crippen LogP contribution in [-0.4, -0.2) is 47.7 Å². The minimum absolute atomic E-state index is 0.0349. The molecule has 7 heteroatoms. The van der Waals surface area contributed by atoms with E-state index in [1.54, 1.807) is 30.9 Å². The molecular weight excluding hydrogens is 376 g/mol. The zero-order valence-electron chi connectivity index (χ0n) is 16.1. The molecule has 0 saturated carbocycles. The van der Waals surface area contributed by atoms with Crippen LogP contribution in [0.25, 0.3) is 11.0 Å². The van der Waals surface area contributed by atoms with E-state index in [1.807, 2.05) is 18.2 Å². The number of rotatable bonds is 4. The molecule has 3 heterocycles. The Balaban J connectivity index is 1.51. The number of ether oxygens (including phenoxy) is 1. The van der Waals surface area contributed by atoms with Crippen LogP contribution >= 0.6 is 11.6 Å². The number of aromatic nitrogens is 2. The number of methoxy groups -OCH3 is 1. The number of fused-ring (bicyclic) bond motifs is 1. The normalized spacial score (nSPS) is 15.2. The van der Waals surface area contributed by atoms with Crippen molar-refractivity contribution in [2.45, 2.75) is 6.54 Å². The molecule has 1 aliphatic rings. The van der Waals surface area contributed by atoms with Gasteiger partial charge in [-0.3, -0.25) is 9.69 Å². The van der Waals surface area contributed by atoms with Gasteiger partial charge in [0.25, 0.3) is 5.56 Å². The molecule has 0 atom stereocenters. The number of nitrogens with zero attached hydrogens (tertiary/aromatic N) is 4. The molecular formula is C21H23ClN4O2. The predicted octanol–water partition coefficient (Wildman–Crippen LogP) is 2.92. The molecule has 0 aliphatic carbocycles. The van der Waals surface area contributed by atoms with Crippen LogP contribution in [0.15, 0.2) is 47.3 Å². The second-order valence-electron chi connectivity index (χ2n) is 7.04. The van der Waals surface area contributed by atoms with Gasteiger partial charge in [0.2, 0.25) is 0 Å². The third-order valence-corrected chi connectivity index (χ3v) is 5.52. The summed E-state index contributed by atoms with van der Waals surface area (Å²) in [5.41, 5.74) is 3.67. The molecule has 0 N–H and O–H groups in total. The van der Waals surface area contributed by atoms with Crippen LogP contribution in [0.3, 0.4) is 0 Å². The van der Waals surface area contributed by atoms with Crippen LogP contribution in [0, 0.1) is 0 Å². The van der Waals surface area contributed by atoms with Gasteiger partial charge in [-0.2, -0.15) is 0 Å². The lowest BCUT2D eigenvalue weighted by Crippen LogP contribution is -2.46. The second kappa shape index (κ2) is 7.81. The molecule has 146 valence electrons. The molecule has 1 fully saturated rings. The van der Waals surface area contributed by atoms with Gasteiger partial charge in [-0.1, -0.05) is 23.7 Å². The first-order valence-electron chi connectivity index (χ1n) is 9.31. The van der Waals surface area contributed by atoms with Gasteiger partial charge in [-0.25, -0.2) is 4.98 Å². The van der Waals surface area contributed by atoms with Crippen molar-refractivity contribution >= 4 is 28.3 Å². The zero-order chi connectivity index (χ0) is 19.7. The van der Waals surface area contributed by atoms with Crippen molar-refractivity contribution in [2.75, 3.05) is 38.2 Å². The Morgan fingerprint density at radius 2 is 1.79 bits per heavy atom. The van der Waals surface area contributed by atoms with Crippen LogP contribution < -0.4 is 15.2 Å². The molecule has 2 aromatic heterocycles. The maximum absolute atomic E-state index is 12.4. The Morgan fingerprint density at radius 3 is 2.46 bits per heavy atom. The smallest absolute Gasteiger partial charge is 0.252 e. The van der Waals surface area contributed by atoms with Crippen molar-refractivity contribution < 1.29 is 4.74 Å². The zero-order valence-corrected chi connectivity index (χ0v) is 16.8. The van der Waals surface area contributed by atoms with Gasteiger partial charge in [0, 0.05) is 45.8 Å². The van der Waals surface area contributed by atoms with Crippen LogP contribution in [0.5, 0.6) is 5.75 Å². The Bertz CT molecular complexity index is 1040. The van der Waals surface area contributed by atoms with E-state index in [9.17, 15) is 4.79 Å². The fourth-order valence-corrected chi connectivity index (χ4v) is 3.81. The standard InChI is InChI=1S/C21H23ClN4O2/c1-24-17-7-8-19(22)23-21(17)18(13-20(24)27)26-11-9-25(10-12-26)14-15-3-5-16(28-2)6-4-15/h3-8,13H,9-12,14H2,1-2H3. The number of pyridine rings is 2. The molecule has 0 radical (unpaired) electrons. The monoisotopic (exact) mass is 398 g/mol. The summed E-state index contributed by atoms with van der Waals surface area (Å²) in [7, 11) is 3.44. The molecule has 6 nitrogen and oxygen atoms in total. The third kappa shape index (κ3) is 3.70. The fraction of sp³-hybridized carbons (Fsp3) is 0.333. The number of hydrogen-bond acceptors (Lipinski definition) is 5. The summed E-state index contributed by atoms with van der Waals surface area (Å²) in [6.45, 7) is 4.42. The number of halogens is 1. The van der Waals surface area contributed by atoms with E-state index in [2.05, 4.69) is 26.9 Å². The van der Waals surface area contributed by atoms with Gasteiger partial charge in [0.05, 0.1) is 18.3 Å². The van der Waals surface area contributed by atoms with Crippen molar-refractivity contribution in [1.82, 2.24) is 14.5 Å². The molecule has 1 saturated heterocycles. The van der Waals surface area contributed by atoms with Crippen molar-refractivity contribution in [3.63, 3.8) is 0 Å². The average molecular weight is 399 g/mol. The highest BCUT2D eigenvalue weighted by atomic mass is 35.5. The Labute approximate surface area is 168 Å². The Hall–Kier alpha value is -2.57. The van der Waals surface area contributed by atoms with Crippen LogP contribution in [0.4, 0.5) is 5.69 Å². The van der Waals surface area contributed by atoms with Crippen molar-refractivity contribution in [1.29, 1.82) is 0 Å². The fourth-order valence-electron chi connectivity index (χ4n) is 3.67. The van der Waals surface area contributed by atoms with E-state index in [4.69, 9.17) is 16.3 Å². The second-order valence-corrected chi connectivity index (χ2v) is 7.43. The largest absolute Gasteiger partial charge is 0.497 e. The minimum atomic E-state index is -0.0349. The number of anilines is 1. The number of aryl methyl sites for hydroxylation is 1. The molecule has 0 amide bonds. The topological polar surface area (TPSA) is 50.6 Å². The lowest BCUT2D eigenvalue weighted by atomic mass is 10.1. The summed E-state index contributed by atoms with van der Waals surface area (Å²) in [5, 5.41) is 0.436. The lowest BCUT2D eigenvalue weighted by molar-refractivity contribution is 0.250. The SMILES string of the molecule is COc1ccc(CN2CCN(c3cc(=O)n(C)c4ccc(Cl)nc34)CC2)cc1. The van der Waals surface area contributed by atoms with Crippen LogP contribution in [0.2, 0.25) is 5.15 Å². The summed E-state index contributed by atoms with van der Waals surface area (Å²) in [5.74, 6) is 0.872. The molecule has 4 rings (SSSR count). The highest BCUT2D eigenvalue weighted by molar-refractivity contribution is 6.29. The van der Waals surface area contributed by atoms with Gasteiger partial charge < -0.3 is 14.2 Å². The van der Waals surface area contributed by atoms with E-state index < -0.39 is 0 Å². The van der Waals surface area contributed by atoms with E-state index >= 15 is 0 Å². The lowest BCUT2D eigenvalue weighted by Gasteiger charge is -2.36. The molecule has 1 aromatic carbocycles. The first-order chi connectivity index (χ1) is 13.5. The molecule has 28 heavy (non-hydrogen) atoms. The van der Waals surface area contributed by atoms with Gasteiger partial charge in [0.15, 0.2) is 0 Å². The maximum atomic E-state index is 12.4. The first kappa shape index (κ1) is 18.8. The molecule has 0 unspecified atom stereocenters. The summed E-state index contributed by atoms with van der Waals surface area (Å²) >= 11 is 6.12. The van der Waals surface area contributed by atoms with E-state index in [0.29, 0.717) is 5.15 Å². The highest BCUT2D eigenvalue weighted by Crippen LogP contribution is 2.26. The van der Waals surface area contributed by atoms with Gasteiger partial charge in [-0.15, -0.1) is 0 Å². The van der Waals surface area contributed by atoms with Crippen molar-refractivity contribution in [3.8, 4) is 5.75 Å².